The molecule has 0 spiro atoms. The molecule has 18 heavy (non-hydrogen) atoms. The van der Waals surface area contributed by atoms with Crippen molar-refractivity contribution in [3.8, 4) is 22.9 Å². The Balaban J connectivity index is 2.26. The summed E-state index contributed by atoms with van der Waals surface area (Å²) >= 11 is 0. The molecule has 0 aliphatic rings. The highest BCUT2D eigenvalue weighted by molar-refractivity contribution is 5.66. The lowest BCUT2D eigenvalue weighted by Gasteiger charge is -2.05. The third kappa shape index (κ3) is 2.74. The number of nitriles is 1. The molecule has 0 N–H and O–H groups in total. The monoisotopic (exact) mass is 237 g/mol. The van der Waals surface area contributed by atoms with Crippen molar-refractivity contribution in [2.45, 2.75) is 0 Å². The standard InChI is InChI=1S/C15H11NO2/c16-11-12-4-6-13(7-5-12)14-2-1-3-15(10-14)18-9-8-17/h1-8,10H,9H2. The zero-order valence-corrected chi connectivity index (χ0v) is 9.67. The molecule has 88 valence electrons. The molecule has 0 saturated heterocycles. The first-order valence-electron chi connectivity index (χ1n) is 5.50. The highest BCUT2D eigenvalue weighted by atomic mass is 16.5. The lowest BCUT2D eigenvalue weighted by molar-refractivity contribution is -0.109. The summed E-state index contributed by atoms with van der Waals surface area (Å²) in [7, 11) is 0. The van der Waals surface area contributed by atoms with E-state index in [1.54, 1.807) is 18.2 Å². The Labute approximate surface area is 105 Å². The van der Waals surface area contributed by atoms with E-state index in [9.17, 15) is 4.79 Å². The molecule has 2 aromatic carbocycles. The molecule has 0 radical (unpaired) electrons. The van der Waals surface area contributed by atoms with E-state index in [0.29, 0.717) is 17.6 Å². The lowest BCUT2D eigenvalue weighted by Crippen LogP contribution is -1.97. The van der Waals surface area contributed by atoms with E-state index in [-0.39, 0.29) is 6.61 Å². The Hall–Kier alpha value is -2.60. The molecule has 0 amide bonds. The van der Waals surface area contributed by atoms with Gasteiger partial charge in [-0.05, 0) is 35.4 Å². The van der Waals surface area contributed by atoms with Gasteiger partial charge in [-0.2, -0.15) is 5.26 Å². The van der Waals surface area contributed by atoms with Crippen LogP contribution in [0.15, 0.2) is 48.5 Å². The van der Waals surface area contributed by atoms with Crippen molar-refractivity contribution in [2.75, 3.05) is 6.61 Å². The van der Waals surface area contributed by atoms with Gasteiger partial charge < -0.3 is 4.74 Å². The van der Waals surface area contributed by atoms with E-state index in [1.165, 1.54) is 0 Å². The average molecular weight is 237 g/mol. The van der Waals surface area contributed by atoms with E-state index in [1.807, 2.05) is 30.3 Å². The third-order valence-electron chi connectivity index (χ3n) is 2.50. The molecule has 0 fully saturated rings. The van der Waals surface area contributed by atoms with Gasteiger partial charge in [0.2, 0.25) is 0 Å². The summed E-state index contributed by atoms with van der Waals surface area (Å²) in [6.07, 6.45) is 0.717. The van der Waals surface area contributed by atoms with Crippen LogP contribution in [0.3, 0.4) is 0 Å². The molecule has 0 aliphatic heterocycles. The Bertz CT molecular complexity index is 582. The normalized spacial score (nSPS) is 9.50. The minimum atomic E-state index is 0.0524. The molecular formula is C15H11NO2. The molecule has 0 atom stereocenters. The number of hydrogen-bond acceptors (Lipinski definition) is 3. The van der Waals surface area contributed by atoms with Gasteiger partial charge in [0.05, 0.1) is 11.6 Å². The van der Waals surface area contributed by atoms with Gasteiger partial charge in [-0.3, -0.25) is 4.79 Å². The van der Waals surface area contributed by atoms with Crippen LogP contribution < -0.4 is 4.74 Å². The second-order valence-corrected chi connectivity index (χ2v) is 3.69. The summed E-state index contributed by atoms with van der Waals surface area (Å²) in [5, 5.41) is 8.74. The molecule has 0 heterocycles. The van der Waals surface area contributed by atoms with Crippen molar-refractivity contribution >= 4 is 6.29 Å². The Morgan fingerprint density at radius 1 is 1.11 bits per heavy atom. The molecule has 0 unspecified atom stereocenters. The zero-order valence-electron chi connectivity index (χ0n) is 9.67. The van der Waals surface area contributed by atoms with Crippen LogP contribution in [0.2, 0.25) is 0 Å². The Morgan fingerprint density at radius 2 is 1.89 bits per heavy atom. The number of nitrogens with zero attached hydrogens (tertiary/aromatic N) is 1. The van der Waals surface area contributed by atoms with E-state index in [2.05, 4.69) is 6.07 Å². The first-order valence-corrected chi connectivity index (χ1v) is 5.50. The van der Waals surface area contributed by atoms with E-state index in [4.69, 9.17) is 10.00 Å². The second kappa shape index (κ2) is 5.65. The SMILES string of the molecule is N#Cc1ccc(-c2cccc(OCC=O)c2)cc1. The molecule has 0 aliphatic carbocycles. The van der Waals surface area contributed by atoms with Gasteiger partial charge in [0.1, 0.15) is 12.4 Å². The topological polar surface area (TPSA) is 50.1 Å². The first-order chi connectivity index (χ1) is 8.83. The van der Waals surface area contributed by atoms with Crippen molar-refractivity contribution in [1.29, 1.82) is 5.26 Å². The van der Waals surface area contributed by atoms with Crippen molar-refractivity contribution in [1.82, 2.24) is 0 Å². The summed E-state index contributed by atoms with van der Waals surface area (Å²) < 4.78 is 5.24. The Morgan fingerprint density at radius 3 is 2.56 bits per heavy atom. The first kappa shape index (κ1) is 11.9. The van der Waals surface area contributed by atoms with Gasteiger partial charge in [-0.25, -0.2) is 0 Å². The molecule has 2 rings (SSSR count). The van der Waals surface area contributed by atoms with Gasteiger partial charge in [0.25, 0.3) is 0 Å². The van der Waals surface area contributed by atoms with Crippen LogP contribution in [-0.2, 0) is 4.79 Å². The quantitative estimate of drug-likeness (QED) is 0.768. The smallest absolute Gasteiger partial charge is 0.157 e. The highest BCUT2D eigenvalue weighted by Gasteiger charge is 2.00. The zero-order chi connectivity index (χ0) is 12.8. The fourth-order valence-electron chi connectivity index (χ4n) is 1.63. The van der Waals surface area contributed by atoms with Gasteiger partial charge >= 0.3 is 0 Å². The number of benzene rings is 2. The largest absolute Gasteiger partial charge is 0.486 e. The predicted molar refractivity (Wildman–Crippen MR) is 68.2 cm³/mol. The van der Waals surface area contributed by atoms with Crippen LogP contribution in [0.1, 0.15) is 5.56 Å². The maximum atomic E-state index is 10.2. The highest BCUT2D eigenvalue weighted by Crippen LogP contribution is 2.24. The van der Waals surface area contributed by atoms with Gasteiger partial charge in [0.15, 0.2) is 6.29 Å². The van der Waals surface area contributed by atoms with Gasteiger partial charge in [-0.15, -0.1) is 0 Å². The fraction of sp³-hybridized carbons (Fsp3) is 0.0667. The minimum Gasteiger partial charge on any atom is -0.486 e. The maximum Gasteiger partial charge on any atom is 0.157 e. The van der Waals surface area contributed by atoms with Gasteiger partial charge in [0, 0.05) is 0 Å². The molecule has 3 nitrogen and oxygen atoms in total. The molecule has 0 aromatic heterocycles. The molecule has 0 saturated carbocycles. The van der Waals surface area contributed by atoms with E-state index >= 15 is 0 Å². The summed E-state index contributed by atoms with van der Waals surface area (Å²) in [5.74, 6) is 0.656. The minimum absolute atomic E-state index is 0.0524. The summed E-state index contributed by atoms with van der Waals surface area (Å²) in [6.45, 7) is 0.0524. The van der Waals surface area contributed by atoms with Crippen LogP contribution in [-0.4, -0.2) is 12.9 Å². The molecule has 3 heteroatoms. The lowest BCUT2D eigenvalue weighted by atomic mass is 10.0. The van der Waals surface area contributed by atoms with Crippen LogP contribution in [0.4, 0.5) is 0 Å². The summed E-state index contributed by atoms with van der Waals surface area (Å²) in [6, 6.07) is 16.9. The second-order valence-electron chi connectivity index (χ2n) is 3.69. The number of carbonyl (C=O) groups excluding carboxylic acids is 1. The van der Waals surface area contributed by atoms with Crippen LogP contribution in [0, 0.1) is 11.3 Å². The molecule has 2 aromatic rings. The van der Waals surface area contributed by atoms with Crippen molar-refractivity contribution in [3.63, 3.8) is 0 Å². The van der Waals surface area contributed by atoms with Crippen LogP contribution in [0.25, 0.3) is 11.1 Å². The van der Waals surface area contributed by atoms with Crippen LogP contribution >= 0.6 is 0 Å². The molecule has 0 bridgehead atoms. The number of hydrogen-bond donors (Lipinski definition) is 0. The fourth-order valence-corrected chi connectivity index (χ4v) is 1.63. The van der Waals surface area contributed by atoms with Gasteiger partial charge in [-0.1, -0.05) is 24.3 Å². The molecular weight excluding hydrogens is 226 g/mol. The maximum absolute atomic E-state index is 10.2. The van der Waals surface area contributed by atoms with E-state index in [0.717, 1.165) is 11.1 Å². The number of carbonyl (C=O) groups is 1. The number of ether oxygens (including phenoxy) is 1. The average Bonchev–Trinajstić information content (AvgIpc) is 2.45. The third-order valence-corrected chi connectivity index (χ3v) is 2.50. The number of aldehydes is 1. The van der Waals surface area contributed by atoms with Crippen molar-refractivity contribution in [2.24, 2.45) is 0 Å². The number of rotatable bonds is 4. The summed E-state index contributed by atoms with van der Waals surface area (Å²) in [4.78, 5) is 10.2. The summed E-state index contributed by atoms with van der Waals surface area (Å²) in [5.41, 5.74) is 2.63. The Kier molecular flexibility index (Phi) is 3.72. The van der Waals surface area contributed by atoms with E-state index < -0.39 is 0 Å². The predicted octanol–water partition coefficient (Wildman–Crippen LogP) is 2.80. The van der Waals surface area contributed by atoms with Crippen molar-refractivity contribution < 1.29 is 9.53 Å². The van der Waals surface area contributed by atoms with Crippen molar-refractivity contribution in [3.05, 3.63) is 54.1 Å². The van der Waals surface area contributed by atoms with Crippen LogP contribution in [0.5, 0.6) is 5.75 Å².